The van der Waals surface area contributed by atoms with Gasteiger partial charge in [-0.05, 0) is 55.6 Å². The first-order chi connectivity index (χ1) is 7.83. The largest absolute Gasteiger partial charge is 0.316 e. The van der Waals surface area contributed by atoms with Gasteiger partial charge in [0.2, 0.25) is 0 Å². The molecule has 1 heterocycles. The van der Waals surface area contributed by atoms with Crippen LogP contribution in [0.1, 0.15) is 43.4 Å². The van der Waals surface area contributed by atoms with Gasteiger partial charge in [-0.1, -0.05) is 24.9 Å². The molecule has 2 rings (SSSR count). The van der Waals surface area contributed by atoms with Crippen LogP contribution in [-0.4, -0.2) is 13.1 Å². The second-order valence-corrected chi connectivity index (χ2v) is 5.99. The summed E-state index contributed by atoms with van der Waals surface area (Å²) in [6, 6.07) is 2.04. The van der Waals surface area contributed by atoms with Crippen molar-refractivity contribution in [3.63, 3.8) is 0 Å². The molecule has 1 saturated carbocycles. The maximum atomic E-state index is 6.24. The van der Waals surface area contributed by atoms with Gasteiger partial charge in [0.25, 0.3) is 0 Å². The summed E-state index contributed by atoms with van der Waals surface area (Å²) < 4.78 is 0. The molecule has 3 heteroatoms. The number of hydrogen-bond acceptors (Lipinski definition) is 2. The lowest BCUT2D eigenvalue weighted by molar-refractivity contribution is 0.448. The third kappa shape index (κ3) is 2.79. The minimum atomic E-state index is 0.705. The molecule has 0 spiro atoms. The van der Waals surface area contributed by atoms with Crippen LogP contribution in [0.4, 0.5) is 0 Å². The van der Waals surface area contributed by atoms with Gasteiger partial charge in [0.05, 0.1) is 5.02 Å². The normalized spacial score (nSPS) is 25.1. The van der Waals surface area contributed by atoms with Crippen LogP contribution in [0.15, 0.2) is 11.4 Å². The van der Waals surface area contributed by atoms with Crippen LogP contribution < -0.4 is 5.32 Å². The lowest BCUT2D eigenvalue weighted by Gasteiger charge is -2.19. The van der Waals surface area contributed by atoms with E-state index in [9.17, 15) is 0 Å². The fraction of sp³-hybridized carbons (Fsp3) is 0.692. The Morgan fingerprint density at radius 1 is 1.50 bits per heavy atom. The van der Waals surface area contributed by atoms with E-state index in [2.05, 4.69) is 17.6 Å². The number of nitrogens with one attached hydrogen (secondary N) is 1. The molecule has 1 nitrogen and oxygen atoms in total. The third-order valence-corrected chi connectivity index (χ3v) is 4.96. The summed E-state index contributed by atoms with van der Waals surface area (Å²) in [6.45, 7) is 4.52. The van der Waals surface area contributed by atoms with Crippen LogP contribution in [0.3, 0.4) is 0 Å². The molecule has 1 aromatic rings. The average molecular weight is 258 g/mol. The Kier molecular flexibility index (Phi) is 4.68. The summed E-state index contributed by atoms with van der Waals surface area (Å²) in [5.41, 5.74) is 0. The predicted octanol–water partition coefficient (Wildman–Crippen LogP) is 4.28. The van der Waals surface area contributed by atoms with E-state index in [0.717, 1.165) is 24.0 Å². The predicted molar refractivity (Wildman–Crippen MR) is 72.6 cm³/mol. The van der Waals surface area contributed by atoms with E-state index in [0.29, 0.717) is 5.92 Å². The monoisotopic (exact) mass is 257 g/mol. The van der Waals surface area contributed by atoms with Crippen LogP contribution in [0, 0.1) is 5.92 Å². The summed E-state index contributed by atoms with van der Waals surface area (Å²) in [4.78, 5) is 1.42. The van der Waals surface area contributed by atoms with E-state index in [1.165, 1.54) is 30.6 Å². The average Bonchev–Trinajstić information content (AvgIpc) is 2.87. The van der Waals surface area contributed by atoms with Gasteiger partial charge in [-0.3, -0.25) is 0 Å². The molecular weight excluding hydrogens is 238 g/mol. The smallest absolute Gasteiger partial charge is 0.0547 e. The molecule has 90 valence electrons. The summed E-state index contributed by atoms with van der Waals surface area (Å²) in [6.07, 6.45) is 5.25. The van der Waals surface area contributed by atoms with E-state index in [-0.39, 0.29) is 0 Å². The molecule has 1 N–H and O–H groups in total. The quantitative estimate of drug-likeness (QED) is 0.777. The zero-order valence-electron chi connectivity index (χ0n) is 9.84. The Hall–Kier alpha value is -0.0500. The van der Waals surface area contributed by atoms with Gasteiger partial charge >= 0.3 is 0 Å². The van der Waals surface area contributed by atoms with Crippen molar-refractivity contribution in [1.29, 1.82) is 0 Å². The lowest BCUT2D eigenvalue weighted by Crippen LogP contribution is -2.24. The van der Waals surface area contributed by atoms with Gasteiger partial charge in [0, 0.05) is 4.88 Å². The van der Waals surface area contributed by atoms with Gasteiger partial charge in [0.15, 0.2) is 0 Å². The second-order valence-electron chi connectivity index (χ2n) is 4.63. The molecule has 2 atom stereocenters. The highest BCUT2D eigenvalue weighted by Crippen LogP contribution is 2.44. The third-order valence-electron chi connectivity index (χ3n) is 3.47. The first kappa shape index (κ1) is 12.4. The van der Waals surface area contributed by atoms with Crippen LogP contribution in [0.5, 0.6) is 0 Å². The van der Waals surface area contributed by atoms with Gasteiger partial charge in [-0.15, -0.1) is 11.3 Å². The molecule has 2 unspecified atom stereocenters. The molecule has 0 aliphatic heterocycles. The molecular formula is C13H20ClNS. The molecule has 0 saturated heterocycles. The SMILES string of the molecule is CCCNCC1CCCC1c1sccc1Cl. The summed E-state index contributed by atoms with van der Waals surface area (Å²) >= 11 is 8.07. The minimum Gasteiger partial charge on any atom is -0.316 e. The van der Waals surface area contributed by atoms with Gasteiger partial charge in [-0.2, -0.15) is 0 Å². The van der Waals surface area contributed by atoms with E-state index < -0.39 is 0 Å². The number of rotatable bonds is 5. The van der Waals surface area contributed by atoms with Crippen molar-refractivity contribution in [2.45, 2.75) is 38.5 Å². The topological polar surface area (TPSA) is 12.0 Å². The Labute approximate surface area is 107 Å². The molecule has 0 amide bonds. The molecule has 0 radical (unpaired) electrons. The Balaban J connectivity index is 1.95. The van der Waals surface area contributed by atoms with Crippen molar-refractivity contribution in [3.8, 4) is 0 Å². The summed E-state index contributed by atoms with van der Waals surface area (Å²) in [7, 11) is 0. The highest BCUT2D eigenvalue weighted by atomic mass is 35.5. The highest BCUT2D eigenvalue weighted by Gasteiger charge is 2.30. The fourth-order valence-electron chi connectivity index (χ4n) is 2.66. The zero-order chi connectivity index (χ0) is 11.4. The highest BCUT2D eigenvalue weighted by molar-refractivity contribution is 7.10. The second kappa shape index (κ2) is 6.04. The Morgan fingerprint density at radius 3 is 3.06 bits per heavy atom. The summed E-state index contributed by atoms with van der Waals surface area (Å²) in [5, 5.41) is 6.65. The lowest BCUT2D eigenvalue weighted by atomic mass is 9.94. The van der Waals surface area contributed by atoms with Gasteiger partial charge in [0.1, 0.15) is 0 Å². The van der Waals surface area contributed by atoms with Crippen LogP contribution >= 0.6 is 22.9 Å². The first-order valence-corrected chi connectivity index (χ1v) is 7.52. The molecule has 1 aliphatic rings. The van der Waals surface area contributed by atoms with E-state index >= 15 is 0 Å². The molecule has 1 fully saturated rings. The van der Waals surface area contributed by atoms with Gasteiger partial charge < -0.3 is 5.32 Å². The van der Waals surface area contributed by atoms with E-state index in [4.69, 9.17) is 11.6 Å². The van der Waals surface area contributed by atoms with Crippen molar-refractivity contribution in [1.82, 2.24) is 5.32 Å². The molecule has 0 aromatic carbocycles. The van der Waals surface area contributed by atoms with Crippen molar-refractivity contribution in [2.24, 2.45) is 5.92 Å². The first-order valence-electron chi connectivity index (χ1n) is 6.26. The van der Waals surface area contributed by atoms with Crippen molar-refractivity contribution >= 4 is 22.9 Å². The van der Waals surface area contributed by atoms with Crippen molar-refractivity contribution < 1.29 is 0 Å². The standard InChI is InChI=1S/C13H20ClNS/c1-2-7-15-9-10-4-3-5-11(10)13-12(14)6-8-16-13/h6,8,10-11,15H,2-5,7,9H2,1H3. The zero-order valence-corrected chi connectivity index (χ0v) is 11.4. The summed E-state index contributed by atoms with van der Waals surface area (Å²) in [5.74, 6) is 1.50. The van der Waals surface area contributed by atoms with Crippen LogP contribution in [-0.2, 0) is 0 Å². The van der Waals surface area contributed by atoms with Crippen LogP contribution in [0.2, 0.25) is 5.02 Å². The van der Waals surface area contributed by atoms with Crippen molar-refractivity contribution in [2.75, 3.05) is 13.1 Å². The van der Waals surface area contributed by atoms with Crippen LogP contribution in [0.25, 0.3) is 0 Å². The number of halogens is 1. The molecule has 16 heavy (non-hydrogen) atoms. The van der Waals surface area contributed by atoms with E-state index in [1.54, 1.807) is 0 Å². The Bertz CT molecular complexity index is 323. The minimum absolute atomic E-state index is 0.705. The van der Waals surface area contributed by atoms with Crippen molar-refractivity contribution in [3.05, 3.63) is 21.3 Å². The number of thiophene rings is 1. The molecule has 1 aromatic heterocycles. The number of hydrogen-bond donors (Lipinski definition) is 1. The Morgan fingerprint density at radius 2 is 2.38 bits per heavy atom. The molecule has 1 aliphatic carbocycles. The van der Waals surface area contributed by atoms with E-state index in [1.807, 2.05) is 17.4 Å². The van der Waals surface area contributed by atoms with Gasteiger partial charge in [-0.25, -0.2) is 0 Å². The maximum absolute atomic E-state index is 6.24. The molecule has 0 bridgehead atoms. The fourth-order valence-corrected chi connectivity index (χ4v) is 4.09. The maximum Gasteiger partial charge on any atom is 0.0547 e.